The summed E-state index contributed by atoms with van der Waals surface area (Å²) in [5.74, 6) is 1.55. The minimum absolute atomic E-state index is 0.00674. The van der Waals surface area contributed by atoms with Crippen molar-refractivity contribution in [3.05, 3.63) is 131 Å². The van der Waals surface area contributed by atoms with Crippen molar-refractivity contribution in [2.24, 2.45) is 0 Å². The van der Waals surface area contributed by atoms with Gasteiger partial charge in [0.1, 0.15) is 18.1 Å². The molecule has 0 N–H and O–H groups in total. The quantitative estimate of drug-likeness (QED) is 0.353. The normalized spacial score (nSPS) is 10.7. The summed E-state index contributed by atoms with van der Waals surface area (Å²) < 4.78 is 12.0. The Morgan fingerprint density at radius 3 is 1.76 bits per heavy atom. The van der Waals surface area contributed by atoms with E-state index >= 15 is 0 Å². The average Bonchev–Trinajstić information content (AvgIpc) is 2.80. The first-order chi connectivity index (χ1) is 14.4. The van der Waals surface area contributed by atoms with Crippen molar-refractivity contribution in [3.8, 4) is 11.5 Å². The van der Waals surface area contributed by atoms with E-state index in [2.05, 4.69) is 66.7 Å². The Morgan fingerprint density at radius 2 is 1.21 bits per heavy atom. The summed E-state index contributed by atoms with van der Waals surface area (Å²) in [7, 11) is 1.70. The second-order valence-corrected chi connectivity index (χ2v) is 6.83. The summed E-state index contributed by atoms with van der Waals surface area (Å²) in [6.45, 7) is 0.491. The fourth-order valence-electron chi connectivity index (χ4n) is 3.59. The zero-order valence-corrected chi connectivity index (χ0v) is 16.4. The van der Waals surface area contributed by atoms with Crippen LogP contribution in [-0.4, -0.2) is 7.11 Å². The first kappa shape index (κ1) is 18.8. The molecule has 0 aliphatic rings. The molecule has 0 atom stereocenters. The molecule has 0 amide bonds. The Labute approximate surface area is 172 Å². The summed E-state index contributed by atoms with van der Waals surface area (Å²) in [5, 5.41) is 0. The van der Waals surface area contributed by atoms with Gasteiger partial charge < -0.3 is 9.47 Å². The van der Waals surface area contributed by atoms with Crippen LogP contribution in [0.15, 0.2) is 103 Å². The molecule has 1 radical (unpaired) electrons. The molecule has 4 aromatic rings. The third kappa shape index (κ3) is 4.33. The van der Waals surface area contributed by atoms with Gasteiger partial charge in [-0.3, -0.25) is 0 Å². The lowest BCUT2D eigenvalue weighted by molar-refractivity contribution is 0.299. The summed E-state index contributed by atoms with van der Waals surface area (Å²) >= 11 is 0. The molecule has 2 nitrogen and oxygen atoms in total. The van der Waals surface area contributed by atoms with Crippen molar-refractivity contribution < 1.29 is 9.47 Å². The lowest BCUT2D eigenvalue weighted by Gasteiger charge is -2.24. The first-order valence-electron chi connectivity index (χ1n) is 9.71. The summed E-state index contributed by atoms with van der Waals surface area (Å²) in [4.78, 5) is 0. The van der Waals surface area contributed by atoms with E-state index in [0.717, 1.165) is 22.6 Å². The second kappa shape index (κ2) is 9.11. The van der Waals surface area contributed by atoms with Gasteiger partial charge in [0.05, 0.1) is 7.11 Å². The van der Waals surface area contributed by atoms with Crippen LogP contribution >= 0.6 is 0 Å². The first-order valence-corrected chi connectivity index (χ1v) is 9.71. The van der Waals surface area contributed by atoms with Crippen molar-refractivity contribution in [2.75, 3.05) is 7.11 Å². The Hall–Kier alpha value is -3.52. The van der Waals surface area contributed by atoms with E-state index in [1.54, 1.807) is 7.11 Å². The van der Waals surface area contributed by atoms with Crippen LogP contribution in [0.25, 0.3) is 0 Å². The van der Waals surface area contributed by atoms with Crippen molar-refractivity contribution >= 4 is 0 Å². The van der Waals surface area contributed by atoms with Crippen LogP contribution in [0.2, 0.25) is 0 Å². The zero-order chi connectivity index (χ0) is 19.9. The molecule has 0 heterocycles. The highest BCUT2D eigenvalue weighted by Gasteiger charge is 2.24. The lowest BCUT2D eigenvalue weighted by atomic mass is 9.84. The fourth-order valence-corrected chi connectivity index (χ4v) is 3.59. The molecular weight excluding hydrogens is 356 g/mol. The Bertz CT molecular complexity index is 988. The third-order valence-corrected chi connectivity index (χ3v) is 4.97. The SMILES string of the molecule is COc1c[c]cc(OCc2ccccc2)c1C(c1ccccc1)c1ccccc1. The zero-order valence-electron chi connectivity index (χ0n) is 16.4. The third-order valence-electron chi connectivity index (χ3n) is 4.97. The number of hydrogen-bond acceptors (Lipinski definition) is 2. The highest BCUT2D eigenvalue weighted by molar-refractivity contribution is 5.55. The smallest absolute Gasteiger partial charge is 0.128 e. The maximum Gasteiger partial charge on any atom is 0.128 e. The molecule has 0 unspecified atom stereocenters. The molecule has 143 valence electrons. The Kier molecular flexibility index (Phi) is 5.92. The van der Waals surface area contributed by atoms with Gasteiger partial charge in [-0.2, -0.15) is 0 Å². The number of rotatable bonds is 7. The van der Waals surface area contributed by atoms with E-state index in [4.69, 9.17) is 9.47 Å². The summed E-state index contributed by atoms with van der Waals surface area (Å²) in [6.07, 6.45) is 0. The maximum absolute atomic E-state index is 6.28. The van der Waals surface area contributed by atoms with Crippen LogP contribution in [0.3, 0.4) is 0 Å². The van der Waals surface area contributed by atoms with Gasteiger partial charge in [-0.25, -0.2) is 0 Å². The van der Waals surface area contributed by atoms with Crippen molar-refractivity contribution in [1.82, 2.24) is 0 Å². The molecule has 0 aromatic heterocycles. The Morgan fingerprint density at radius 1 is 0.690 bits per heavy atom. The van der Waals surface area contributed by atoms with Gasteiger partial charge in [0.25, 0.3) is 0 Å². The average molecular weight is 379 g/mol. The van der Waals surface area contributed by atoms with Crippen LogP contribution in [0.4, 0.5) is 0 Å². The molecule has 2 heteroatoms. The van der Waals surface area contributed by atoms with E-state index in [1.165, 1.54) is 11.1 Å². The van der Waals surface area contributed by atoms with Crippen LogP contribution in [0, 0.1) is 6.07 Å². The number of hydrogen-bond donors (Lipinski definition) is 0. The minimum Gasteiger partial charge on any atom is -0.496 e. The van der Waals surface area contributed by atoms with E-state index in [9.17, 15) is 0 Å². The predicted octanol–water partition coefficient (Wildman–Crippen LogP) is 6.25. The highest BCUT2D eigenvalue weighted by atomic mass is 16.5. The van der Waals surface area contributed by atoms with Crippen LogP contribution < -0.4 is 9.47 Å². The van der Waals surface area contributed by atoms with Gasteiger partial charge in [0.2, 0.25) is 0 Å². The number of ether oxygens (including phenoxy) is 2. The standard InChI is InChI=1S/C27H23O2/c1-28-24-18-11-19-25(29-20-21-12-5-2-6-13-21)27(24)26(22-14-7-3-8-15-22)23-16-9-4-10-17-23/h2-10,12-19,26H,20H2,1H3. The van der Waals surface area contributed by atoms with E-state index in [-0.39, 0.29) is 5.92 Å². The molecule has 0 saturated carbocycles. The topological polar surface area (TPSA) is 18.5 Å². The van der Waals surface area contributed by atoms with Crippen LogP contribution in [0.1, 0.15) is 28.2 Å². The monoisotopic (exact) mass is 379 g/mol. The highest BCUT2D eigenvalue weighted by Crippen LogP contribution is 2.42. The van der Waals surface area contributed by atoms with Crippen LogP contribution in [-0.2, 0) is 6.61 Å². The van der Waals surface area contributed by atoms with Gasteiger partial charge in [-0.1, -0.05) is 91.0 Å². The van der Waals surface area contributed by atoms with Gasteiger partial charge in [0, 0.05) is 11.5 Å². The summed E-state index contributed by atoms with van der Waals surface area (Å²) in [5.41, 5.74) is 4.51. The van der Waals surface area contributed by atoms with Crippen molar-refractivity contribution in [1.29, 1.82) is 0 Å². The largest absolute Gasteiger partial charge is 0.496 e. The number of benzene rings is 4. The Balaban J connectivity index is 1.81. The van der Waals surface area contributed by atoms with Gasteiger partial charge in [0.15, 0.2) is 0 Å². The molecule has 0 aliphatic heterocycles. The molecule has 0 spiro atoms. The fraction of sp³-hybridized carbons (Fsp3) is 0.111. The van der Waals surface area contributed by atoms with E-state index in [1.807, 2.05) is 42.5 Å². The molecule has 4 aromatic carbocycles. The molecule has 0 fully saturated rings. The summed E-state index contributed by atoms with van der Waals surface area (Å²) in [6, 6.07) is 38.1. The molecule has 4 rings (SSSR count). The van der Waals surface area contributed by atoms with E-state index in [0.29, 0.717) is 6.61 Å². The van der Waals surface area contributed by atoms with Gasteiger partial charge >= 0.3 is 0 Å². The van der Waals surface area contributed by atoms with E-state index < -0.39 is 0 Å². The lowest BCUT2D eigenvalue weighted by Crippen LogP contribution is -2.09. The second-order valence-electron chi connectivity index (χ2n) is 6.83. The van der Waals surface area contributed by atoms with Crippen molar-refractivity contribution in [2.45, 2.75) is 12.5 Å². The molecule has 0 saturated heterocycles. The van der Waals surface area contributed by atoms with Crippen molar-refractivity contribution in [3.63, 3.8) is 0 Å². The molecule has 0 bridgehead atoms. The van der Waals surface area contributed by atoms with Gasteiger partial charge in [-0.15, -0.1) is 0 Å². The number of methoxy groups -OCH3 is 1. The molecule has 0 aliphatic carbocycles. The minimum atomic E-state index is -0.00674. The predicted molar refractivity (Wildman–Crippen MR) is 116 cm³/mol. The molecular formula is C27H23O2. The van der Waals surface area contributed by atoms with Crippen LogP contribution in [0.5, 0.6) is 11.5 Å². The molecule has 29 heavy (non-hydrogen) atoms. The van der Waals surface area contributed by atoms with Gasteiger partial charge in [-0.05, 0) is 34.9 Å². The maximum atomic E-state index is 6.28.